The van der Waals surface area contributed by atoms with Crippen LogP contribution in [-0.4, -0.2) is 0 Å². The third-order valence-electron chi connectivity index (χ3n) is 4.18. The molecule has 0 aliphatic heterocycles. The summed E-state index contributed by atoms with van der Waals surface area (Å²) in [5.41, 5.74) is 1.45. The monoisotopic (exact) mass is 260 g/mol. The standard InChI is InChI=1S/C19H16.CH4/c1-12(2)16-10-8-15-7-6-13-4-3-5-14-9-11-17(16)19(15)18(13)14;/h3-12H,1-2H3;1H4. The van der Waals surface area contributed by atoms with E-state index >= 15 is 0 Å². The Morgan fingerprint density at radius 2 is 1.20 bits per heavy atom. The van der Waals surface area contributed by atoms with E-state index in [1.807, 2.05) is 0 Å². The van der Waals surface area contributed by atoms with E-state index in [0.717, 1.165) is 0 Å². The van der Waals surface area contributed by atoms with Crippen molar-refractivity contribution in [2.75, 3.05) is 0 Å². The molecule has 20 heavy (non-hydrogen) atoms. The summed E-state index contributed by atoms with van der Waals surface area (Å²) < 4.78 is 0. The topological polar surface area (TPSA) is 0 Å². The predicted molar refractivity (Wildman–Crippen MR) is 91.0 cm³/mol. The van der Waals surface area contributed by atoms with Crippen LogP contribution in [0.3, 0.4) is 0 Å². The highest BCUT2D eigenvalue weighted by atomic mass is 14.1. The smallest absolute Gasteiger partial charge is 0.00239 e. The molecule has 0 saturated heterocycles. The molecule has 0 atom stereocenters. The maximum Gasteiger partial charge on any atom is -0.00239 e. The molecule has 0 N–H and O–H groups in total. The Balaban J connectivity index is 0.00000121. The minimum atomic E-state index is 0. The fraction of sp³-hybridized carbons (Fsp3) is 0.200. The first-order chi connectivity index (χ1) is 9.25. The lowest BCUT2D eigenvalue weighted by Crippen LogP contribution is -1.91. The number of benzene rings is 4. The predicted octanol–water partition coefficient (Wildman–Crippen LogP) is 6.34. The van der Waals surface area contributed by atoms with Gasteiger partial charge in [-0.15, -0.1) is 0 Å². The summed E-state index contributed by atoms with van der Waals surface area (Å²) in [6, 6.07) is 20.1. The summed E-state index contributed by atoms with van der Waals surface area (Å²) in [4.78, 5) is 0. The Morgan fingerprint density at radius 3 is 1.85 bits per heavy atom. The van der Waals surface area contributed by atoms with Gasteiger partial charge in [-0.1, -0.05) is 75.9 Å². The first kappa shape index (κ1) is 12.9. The Morgan fingerprint density at radius 1 is 0.650 bits per heavy atom. The average Bonchev–Trinajstić information content (AvgIpc) is 2.44. The summed E-state index contributed by atoms with van der Waals surface area (Å²) in [5, 5.41) is 8.30. The van der Waals surface area contributed by atoms with Gasteiger partial charge in [-0.05, 0) is 43.8 Å². The highest BCUT2D eigenvalue weighted by molar-refractivity contribution is 6.23. The Hall–Kier alpha value is -2.08. The molecule has 0 fully saturated rings. The van der Waals surface area contributed by atoms with Gasteiger partial charge in [0.25, 0.3) is 0 Å². The molecule has 0 aliphatic carbocycles. The Kier molecular flexibility index (Phi) is 2.90. The van der Waals surface area contributed by atoms with Gasteiger partial charge in [0, 0.05) is 0 Å². The first-order valence-corrected chi connectivity index (χ1v) is 6.92. The lowest BCUT2D eigenvalue weighted by atomic mass is 9.89. The number of rotatable bonds is 1. The molecule has 0 radical (unpaired) electrons. The summed E-state index contributed by atoms with van der Waals surface area (Å²) in [7, 11) is 0. The van der Waals surface area contributed by atoms with Gasteiger partial charge < -0.3 is 0 Å². The maximum atomic E-state index is 2.29. The van der Waals surface area contributed by atoms with Crippen LogP contribution in [0.5, 0.6) is 0 Å². The van der Waals surface area contributed by atoms with Crippen LogP contribution in [0.25, 0.3) is 32.3 Å². The van der Waals surface area contributed by atoms with Crippen LogP contribution in [0.4, 0.5) is 0 Å². The minimum absolute atomic E-state index is 0. The van der Waals surface area contributed by atoms with E-state index in [9.17, 15) is 0 Å². The van der Waals surface area contributed by atoms with Gasteiger partial charge in [-0.2, -0.15) is 0 Å². The molecular formula is C20H20. The zero-order chi connectivity index (χ0) is 13.0. The highest BCUT2D eigenvalue weighted by Gasteiger charge is 2.11. The zero-order valence-corrected chi connectivity index (χ0v) is 11.3. The number of hydrogen-bond acceptors (Lipinski definition) is 0. The summed E-state index contributed by atoms with van der Waals surface area (Å²) in [5.74, 6) is 0.560. The molecule has 4 aromatic carbocycles. The fourth-order valence-electron chi connectivity index (χ4n) is 3.26. The van der Waals surface area contributed by atoms with Crippen LogP contribution in [-0.2, 0) is 0 Å². The van der Waals surface area contributed by atoms with Crippen LogP contribution in [0.2, 0.25) is 0 Å². The van der Waals surface area contributed by atoms with E-state index in [0.29, 0.717) is 5.92 Å². The Labute approximate surface area is 120 Å². The third kappa shape index (κ3) is 1.61. The average molecular weight is 260 g/mol. The molecule has 0 bridgehead atoms. The molecule has 0 aromatic heterocycles. The zero-order valence-electron chi connectivity index (χ0n) is 11.3. The van der Waals surface area contributed by atoms with Crippen molar-refractivity contribution in [3.05, 3.63) is 60.2 Å². The summed E-state index contributed by atoms with van der Waals surface area (Å²) in [6.07, 6.45) is 0. The summed E-state index contributed by atoms with van der Waals surface area (Å²) >= 11 is 0. The molecular weight excluding hydrogens is 240 g/mol. The normalized spacial score (nSPS) is 11.6. The van der Waals surface area contributed by atoms with Crippen molar-refractivity contribution in [3.8, 4) is 0 Å². The largest absolute Gasteiger partial charge is 0.0776 e. The van der Waals surface area contributed by atoms with Gasteiger partial charge in [-0.25, -0.2) is 0 Å². The molecule has 4 aromatic rings. The van der Waals surface area contributed by atoms with Crippen LogP contribution >= 0.6 is 0 Å². The number of hydrogen-bond donors (Lipinski definition) is 0. The van der Waals surface area contributed by atoms with Crippen LogP contribution < -0.4 is 0 Å². The van der Waals surface area contributed by atoms with Crippen molar-refractivity contribution in [3.63, 3.8) is 0 Å². The quantitative estimate of drug-likeness (QED) is 0.350. The van der Waals surface area contributed by atoms with Gasteiger partial charge in [0.05, 0.1) is 0 Å². The van der Waals surface area contributed by atoms with Crippen molar-refractivity contribution in [2.45, 2.75) is 27.2 Å². The van der Waals surface area contributed by atoms with E-state index in [4.69, 9.17) is 0 Å². The molecule has 0 saturated carbocycles. The second-order valence-corrected chi connectivity index (χ2v) is 5.67. The summed E-state index contributed by atoms with van der Waals surface area (Å²) in [6.45, 7) is 4.54. The second kappa shape index (κ2) is 4.49. The SMILES string of the molecule is C.CC(C)c1ccc2ccc3cccc4ccc1c2c34. The molecule has 0 aliphatic rings. The molecule has 0 spiro atoms. The third-order valence-corrected chi connectivity index (χ3v) is 4.18. The van der Waals surface area contributed by atoms with E-state index in [1.165, 1.54) is 37.9 Å². The van der Waals surface area contributed by atoms with Crippen molar-refractivity contribution in [1.29, 1.82) is 0 Å². The molecule has 0 heterocycles. The Bertz CT molecular complexity index is 868. The molecule has 100 valence electrons. The van der Waals surface area contributed by atoms with E-state index < -0.39 is 0 Å². The van der Waals surface area contributed by atoms with Crippen LogP contribution in [0.1, 0.15) is 32.8 Å². The minimum Gasteiger partial charge on any atom is -0.0776 e. The molecule has 0 unspecified atom stereocenters. The van der Waals surface area contributed by atoms with Crippen molar-refractivity contribution < 1.29 is 0 Å². The fourth-order valence-corrected chi connectivity index (χ4v) is 3.26. The van der Waals surface area contributed by atoms with E-state index in [1.54, 1.807) is 0 Å². The highest BCUT2D eigenvalue weighted by Crippen LogP contribution is 2.37. The lowest BCUT2D eigenvalue weighted by molar-refractivity contribution is 0.877. The van der Waals surface area contributed by atoms with Gasteiger partial charge in [0.15, 0.2) is 0 Å². The van der Waals surface area contributed by atoms with Gasteiger partial charge in [0.1, 0.15) is 0 Å². The molecule has 4 rings (SSSR count). The van der Waals surface area contributed by atoms with E-state index in [-0.39, 0.29) is 7.43 Å². The van der Waals surface area contributed by atoms with Crippen molar-refractivity contribution in [2.24, 2.45) is 0 Å². The maximum absolute atomic E-state index is 2.29. The first-order valence-electron chi connectivity index (χ1n) is 6.92. The lowest BCUT2D eigenvalue weighted by Gasteiger charge is -2.15. The molecule has 0 nitrogen and oxygen atoms in total. The van der Waals surface area contributed by atoms with Gasteiger partial charge in [0.2, 0.25) is 0 Å². The molecule has 0 amide bonds. The van der Waals surface area contributed by atoms with Gasteiger partial charge >= 0.3 is 0 Å². The van der Waals surface area contributed by atoms with Crippen molar-refractivity contribution >= 4 is 32.3 Å². The molecule has 0 heteroatoms. The van der Waals surface area contributed by atoms with Gasteiger partial charge in [-0.3, -0.25) is 0 Å². The second-order valence-electron chi connectivity index (χ2n) is 5.67. The van der Waals surface area contributed by atoms with Crippen molar-refractivity contribution in [1.82, 2.24) is 0 Å². The van der Waals surface area contributed by atoms with E-state index in [2.05, 4.69) is 68.4 Å². The van der Waals surface area contributed by atoms with Crippen LogP contribution in [0.15, 0.2) is 54.6 Å². The van der Waals surface area contributed by atoms with Crippen LogP contribution in [0, 0.1) is 0 Å².